The van der Waals surface area contributed by atoms with Crippen molar-refractivity contribution in [3.05, 3.63) is 89.0 Å². The molecule has 0 radical (unpaired) electrons. The largest absolute Gasteiger partial charge is 0.444 e. The number of carbonyl (C=O) groups excluding carboxylic acids is 4. The predicted octanol–water partition coefficient (Wildman–Crippen LogP) is 9.61. The Labute approximate surface area is 349 Å². The van der Waals surface area contributed by atoms with Gasteiger partial charge >= 0.3 is 6.09 Å². The molecule has 1 saturated carbocycles. The number of anilines is 1. The van der Waals surface area contributed by atoms with Crippen LogP contribution < -0.4 is 10.6 Å². The molecule has 0 aromatic heterocycles. The molecule has 3 aliphatic rings. The Balaban J connectivity index is 1.09. The summed E-state index contributed by atoms with van der Waals surface area (Å²) in [6.07, 6.45) is 5.97. The van der Waals surface area contributed by atoms with Crippen LogP contribution in [-0.4, -0.2) is 72.2 Å². The van der Waals surface area contributed by atoms with E-state index < -0.39 is 17.6 Å². The average Bonchev–Trinajstić information content (AvgIpc) is 3.76. The van der Waals surface area contributed by atoms with Crippen molar-refractivity contribution in [2.24, 2.45) is 38.9 Å². The van der Waals surface area contributed by atoms with Crippen LogP contribution in [0.5, 0.6) is 0 Å². The Hall–Kier alpha value is -5.03. The number of amidine groups is 1. The molecule has 2 N–H and O–H groups in total. The minimum atomic E-state index is -0.572. The summed E-state index contributed by atoms with van der Waals surface area (Å²) in [5.41, 5.74) is 5.78. The number of rotatable bonds is 15. The van der Waals surface area contributed by atoms with Crippen molar-refractivity contribution >= 4 is 35.1 Å². The Morgan fingerprint density at radius 1 is 0.847 bits per heavy atom. The Morgan fingerprint density at radius 3 is 2.14 bits per heavy atom. The van der Waals surface area contributed by atoms with Crippen LogP contribution in [0.2, 0.25) is 0 Å². The maximum atomic E-state index is 14.0. The quantitative estimate of drug-likeness (QED) is 0.147. The highest BCUT2D eigenvalue weighted by Gasteiger charge is 2.31. The highest BCUT2D eigenvalue weighted by molar-refractivity contribution is 6.01. The molecule has 2 aliphatic heterocycles. The highest BCUT2D eigenvalue weighted by atomic mass is 16.6. The van der Waals surface area contributed by atoms with Gasteiger partial charge in [-0.25, -0.2) is 9.79 Å². The zero-order valence-electron chi connectivity index (χ0n) is 35.8. The lowest BCUT2D eigenvalue weighted by Crippen LogP contribution is -2.38. The number of aryl methyl sites for hydroxylation is 1. The summed E-state index contributed by atoms with van der Waals surface area (Å²) >= 11 is 0. The van der Waals surface area contributed by atoms with E-state index in [2.05, 4.69) is 63.7 Å². The molecule has 11 nitrogen and oxygen atoms in total. The number of likely N-dealkylation sites (tertiary alicyclic amines) is 1. The Bertz CT molecular complexity index is 2000. The van der Waals surface area contributed by atoms with Gasteiger partial charge in [0.15, 0.2) is 18.3 Å². The molecule has 11 heteroatoms. The van der Waals surface area contributed by atoms with Crippen LogP contribution in [0.25, 0.3) is 11.1 Å². The molecule has 6 rings (SSSR count). The van der Waals surface area contributed by atoms with Crippen LogP contribution in [0.4, 0.5) is 10.5 Å². The minimum absolute atomic E-state index is 0.103. The summed E-state index contributed by atoms with van der Waals surface area (Å²) in [4.78, 5) is 60.0. The second kappa shape index (κ2) is 19.8. The van der Waals surface area contributed by atoms with Crippen molar-refractivity contribution in [3.63, 3.8) is 0 Å². The van der Waals surface area contributed by atoms with Gasteiger partial charge in [0.25, 0.3) is 0 Å². The number of ether oxygens (including phenoxy) is 1. The number of nitrogens with one attached hydrogen (secondary N) is 2. The first-order valence-corrected chi connectivity index (χ1v) is 21.5. The van der Waals surface area contributed by atoms with E-state index in [1.807, 2.05) is 75.4 Å². The monoisotopic (exact) mass is 802 g/mol. The van der Waals surface area contributed by atoms with Gasteiger partial charge in [0, 0.05) is 54.1 Å². The van der Waals surface area contributed by atoms with Gasteiger partial charge in [0.1, 0.15) is 11.4 Å². The van der Waals surface area contributed by atoms with Gasteiger partial charge in [-0.15, -0.1) is 5.11 Å². The molecular formula is C48H62N6O5. The zero-order chi connectivity index (χ0) is 42.1. The lowest BCUT2D eigenvalue weighted by molar-refractivity contribution is -0.129. The summed E-state index contributed by atoms with van der Waals surface area (Å²) in [7, 11) is 0. The standard InChI is InChI=1S/C48H62N6O5/c1-31(2)54-23-21-34(22-24-54)27-43(55)39-17-20-42(32(3)25-39)36-11-7-33(8-12-36)26-40(46(57)52-41-18-15-38(16-19-41)45-50-30-51-53-45)28-44(56)37-13-9-35(10-14-37)29-49-47(58)59-48(4,5)6/h7-8,11-12,15-20,25,31,34-35,37,40H,9-10,13-14,21-24,26-30H2,1-6H3,(H,49,58)(H,52,57)/t35?,37?,40-/m1/s1. The van der Waals surface area contributed by atoms with E-state index in [4.69, 9.17) is 4.74 Å². The number of benzene rings is 3. The molecule has 2 heterocycles. The van der Waals surface area contributed by atoms with Gasteiger partial charge in [0.2, 0.25) is 5.91 Å². The average molecular weight is 803 g/mol. The molecule has 1 aliphatic carbocycles. The van der Waals surface area contributed by atoms with E-state index in [0.29, 0.717) is 49.5 Å². The van der Waals surface area contributed by atoms with Gasteiger partial charge in [-0.1, -0.05) is 36.4 Å². The van der Waals surface area contributed by atoms with E-state index in [1.54, 1.807) is 0 Å². The number of amides is 2. The zero-order valence-corrected chi connectivity index (χ0v) is 35.8. The maximum Gasteiger partial charge on any atom is 0.407 e. The fourth-order valence-corrected chi connectivity index (χ4v) is 8.54. The summed E-state index contributed by atoms with van der Waals surface area (Å²) in [6.45, 7) is 15.0. The molecule has 3 aromatic carbocycles. The number of carbonyl (C=O) groups is 4. The smallest absolute Gasteiger partial charge is 0.407 e. The van der Waals surface area contributed by atoms with E-state index in [0.717, 1.165) is 85.0 Å². The summed E-state index contributed by atoms with van der Waals surface area (Å²) in [6, 6.07) is 22.1. The lowest BCUT2D eigenvalue weighted by atomic mass is 9.77. The summed E-state index contributed by atoms with van der Waals surface area (Å²) in [5, 5.41) is 13.9. The van der Waals surface area contributed by atoms with Gasteiger partial charge in [0.05, 0.1) is 0 Å². The van der Waals surface area contributed by atoms with Gasteiger partial charge in [-0.05, 0) is 164 Å². The molecule has 0 bridgehead atoms. The molecule has 2 amide bonds. The molecule has 0 unspecified atom stereocenters. The van der Waals surface area contributed by atoms with E-state index in [9.17, 15) is 19.2 Å². The van der Waals surface area contributed by atoms with Gasteiger partial charge < -0.3 is 20.3 Å². The number of aliphatic imine (C=N–C) groups is 1. The topological polar surface area (TPSA) is 142 Å². The lowest BCUT2D eigenvalue weighted by Gasteiger charge is -2.34. The third-order valence-corrected chi connectivity index (χ3v) is 12.1. The predicted molar refractivity (Wildman–Crippen MR) is 233 cm³/mol. The third kappa shape index (κ3) is 12.5. The summed E-state index contributed by atoms with van der Waals surface area (Å²) < 4.78 is 5.38. The van der Waals surface area contributed by atoms with Crippen LogP contribution >= 0.6 is 0 Å². The first kappa shape index (κ1) is 43.5. The normalized spacial score (nSPS) is 19.3. The molecule has 59 heavy (non-hydrogen) atoms. The van der Waals surface area contributed by atoms with Crippen molar-refractivity contribution < 1.29 is 23.9 Å². The Kier molecular flexibility index (Phi) is 14.6. The van der Waals surface area contributed by atoms with Crippen molar-refractivity contribution in [1.82, 2.24) is 10.2 Å². The molecular weight excluding hydrogens is 741 g/mol. The number of piperidine rings is 1. The first-order valence-electron chi connectivity index (χ1n) is 21.5. The van der Waals surface area contributed by atoms with E-state index >= 15 is 0 Å². The number of hydrogen-bond acceptors (Lipinski definition) is 9. The van der Waals surface area contributed by atoms with Gasteiger partial charge in [-0.2, -0.15) is 5.11 Å². The maximum absolute atomic E-state index is 14.0. The fraction of sp³-hybridized carbons (Fsp3) is 0.521. The van der Waals surface area contributed by atoms with Crippen molar-refractivity contribution in [3.8, 4) is 11.1 Å². The second-order valence-corrected chi connectivity index (χ2v) is 18.0. The van der Waals surface area contributed by atoms with Crippen LogP contribution in [0.3, 0.4) is 0 Å². The number of Topliss-reactive ketones (excluding diaryl/α,β-unsaturated/α-hetero) is 2. The van der Waals surface area contributed by atoms with Crippen LogP contribution in [0.15, 0.2) is 82.0 Å². The highest BCUT2D eigenvalue weighted by Crippen LogP contribution is 2.32. The molecule has 3 aromatic rings. The molecule has 1 saturated heterocycles. The molecule has 2 fully saturated rings. The second-order valence-electron chi connectivity index (χ2n) is 18.0. The SMILES string of the molecule is Cc1cc(C(=O)CC2CCN(C(C)C)CC2)ccc1-c1ccc(C[C@H](CC(=O)C2CCC(CNC(=O)OC(C)(C)C)CC2)C(=O)Nc2ccc(C3=NCN=N3)cc2)cc1. The van der Waals surface area contributed by atoms with Crippen LogP contribution in [-0.2, 0) is 20.7 Å². The van der Waals surface area contributed by atoms with Crippen LogP contribution in [0, 0.1) is 30.6 Å². The van der Waals surface area contributed by atoms with E-state index in [-0.39, 0.29) is 35.7 Å². The summed E-state index contributed by atoms with van der Waals surface area (Å²) in [5.74, 6) is 0.702. The molecule has 0 spiro atoms. The van der Waals surface area contributed by atoms with Crippen molar-refractivity contribution in [1.29, 1.82) is 0 Å². The Morgan fingerprint density at radius 2 is 1.53 bits per heavy atom. The number of hydrogen-bond donors (Lipinski definition) is 2. The first-order chi connectivity index (χ1) is 28.2. The third-order valence-electron chi connectivity index (χ3n) is 12.1. The van der Waals surface area contributed by atoms with E-state index in [1.165, 1.54) is 0 Å². The van der Waals surface area contributed by atoms with Crippen LogP contribution in [0.1, 0.15) is 113 Å². The number of azo groups is 1. The van der Waals surface area contributed by atoms with Crippen molar-refractivity contribution in [2.45, 2.75) is 111 Å². The minimum Gasteiger partial charge on any atom is -0.444 e. The van der Waals surface area contributed by atoms with Crippen molar-refractivity contribution in [2.75, 3.05) is 31.6 Å². The van der Waals surface area contributed by atoms with Gasteiger partial charge in [-0.3, -0.25) is 14.4 Å². The molecule has 1 atom stereocenters. The number of alkyl carbamates (subject to hydrolysis) is 1. The fourth-order valence-electron chi connectivity index (χ4n) is 8.54. The number of ketones is 2. The number of nitrogens with zero attached hydrogens (tertiary/aromatic N) is 4. The molecule has 314 valence electrons.